The fourth-order valence-corrected chi connectivity index (χ4v) is 4.63. The van der Waals surface area contributed by atoms with Crippen LogP contribution in [0.4, 0.5) is 11.4 Å². The van der Waals surface area contributed by atoms with Crippen molar-refractivity contribution in [3.8, 4) is 11.5 Å². The molecule has 33 heavy (non-hydrogen) atoms. The number of rotatable bonds is 5. The first kappa shape index (κ1) is 21.1. The Morgan fingerprint density at radius 3 is 2.21 bits per heavy atom. The molecule has 172 valence electrons. The lowest BCUT2D eigenvalue weighted by Gasteiger charge is -2.24. The summed E-state index contributed by atoms with van der Waals surface area (Å²) < 4.78 is 13.7. The van der Waals surface area contributed by atoms with Crippen molar-refractivity contribution < 1.29 is 14.3 Å². The molecule has 2 aliphatic rings. The molecule has 0 atom stereocenters. The number of ether oxygens (including phenoxy) is 2. The second-order valence-corrected chi connectivity index (χ2v) is 8.17. The molecule has 1 N–H and O–H groups in total. The van der Waals surface area contributed by atoms with Gasteiger partial charge in [0.15, 0.2) is 11.5 Å². The van der Waals surface area contributed by atoms with E-state index in [4.69, 9.17) is 9.47 Å². The third-order valence-electron chi connectivity index (χ3n) is 6.31. The van der Waals surface area contributed by atoms with Gasteiger partial charge < -0.3 is 28.8 Å². The summed E-state index contributed by atoms with van der Waals surface area (Å²) in [5.74, 6) is 0.856. The van der Waals surface area contributed by atoms with E-state index in [-0.39, 0.29) is 12.7 Å². The van der Waals surface area contributed by atoms with E-state index in [1.54, 1.807) is 18.2 Å². The molecule has 1 aromatic heterocycles. The first-order valence-electron chi connectivity index (χ1n) is 11.3. The average Bonchev–Trinajstić information content (AvgIpc) is 3.52. The molecule has 0 saturated carbocycles. The van der Waals surface area contributed by atoms with E-state index in [2.05, 4.69) is 10.2 Å². The minimum atomic E-state index is -0.561. The van der Waals surface area contributed by atoms with Gasteiger partial charge in [-0.1, -0.05) is 0 Å². The third kappa shape index (κ3) is 3.53. The van der Waals surface area contributed by atoms with E-state index < -0.39 is 11.1 Å². The number of fused-ring (bicyclic) bond motifs is 2. The maximum absolute atomic E-state index is 13.2. The van der Waals surface area contributed by atoms with Crippen molar-refractivity contribution in [1.29, 1.82) is 0 Å². The Morgan fingerprint density at radius 2 is 1.55 bits per heavy atom. The molecule has 0 aliphatic carbocycles. The van der Waals surface area contributed by atoms with Crippen LogP contribution in [-0.4, -0.2) is 34.9 Å². The summed E-state index contributed by atoms with van der Waals surface area (Å²) in [7, 11) is 0. The molecule has 5 rings (SSSR count). The predicted octanol–water partition coefficient (Wildman–Crippen LogP) is 2.78. The Hall–Kier alpha value is -3.75. The molecule has 1 saturated heterocycles. The van der Waals surface area contributed by atoms with E-state index >= 15 is 0 Å². The molecule has 1 amide bonds. The Morgan fingerprint density at radius 1 is 0.909 bits per heavy atom. The first-order valence-corrected chi connectivity index (χ1v) is 11.3. The van der Waals surface area contributed by atoms with Crippen molar-refractivity contribution in [2.45, 2.75) is 39.8 Å². The lowest BCUT2D eigenvalue weighted by molar-refractivity contribution is 0.102. The van der Waals surface area contributed by atoms with Crippen LogP contribution in [0.3, 0.4) is 0 Å². The Kier molecular flexibility index (Phi) is 5.32. The number of anilines is 2. The van der Waals surface area contributed by atoms with Gasteiger partial charge in [0.05, 0.1) is 22.4 Å². The zero-order chi connectivity index (χ0) is 23.1. The van der Waals surface area contributed by atoms with Gasteiger partial charge in [-0.15, -0.1) is 0 Å². The van der Waals surface area contributed by atoms with E-state index in [0.717, 1.165) is 31.6 Å². The summed E-state index contributed by atoms with van der Waals surface area (Å²) in [4.78, 5) is 40.8. The van der Waals surface area contributed by atoms with Crippen LogP contribution >= 0.6 is 0 Å². The van der Waals surface area contributed by atoms with E-state index in [1.165, 1.54) is 9.13 Å². The van der Waals surface area contributed by atoms with Crippen LogP contribution in [-0.2, 0) is 13.1 Å². The molecule has 2 aromatic carbocycles. The van der Waals surface area contributed by atoms with Crippen LogP contribution in [0, 0.1) is 0 Å². The highest BCUT2D eigenvalue weighted by molar-refractivity contribution is 6.07. The highest BCUT2D eigenvalue weighted by Gasteiger charge is 2.22. The molecule has 9 nitrogen and oxygen atoms in total. The van der Waals surface area contributed by atoms with Crippen molar-refractivity contribution in [2.24, 2.45) is 0 Å². The Balaban J connectivity index is 1.65. The second-order valence-electron chi connectivity index (χ2n) is 8.17. The van der Waals surface area contributed by atoms with E-state index in [0.29, 0.717) is 46.9 Å². The minimum absolute atomic E-state index is 0.137. The second kappa shape index (κ2) is 8.31. The maximum Gasteiger partial charge on any atom is 0.316 e. The number of benzene rings is 2. The van der Waals surface area contributed by atoms with Gasteiger partial charge in [-0.3, -0.25) is 14.4 Å². The van der Waals surface area contributed by atoms with Gasteiger partial charge in [-0.2, -0.15) is 0 Å². The van der Waals surface area contributed by atoms with Crippen LogP contribution < -0.4 is 30.8 Å². The molecule has 2 aliphatic heterocycles. The number of nitrogens with one attached hydrogen (secondary N) is 1. The zero-order valence-corrected chi connectivity index (χ0v) is 18.7. The van der Waals surface area contributed by atoms with Gasteiger partial charge in [0.25, 0.3) is 5.91 Å². The summed E-state index contributed by atoms with van der Waals surface area (Å²) in [5, 5.41) is 3.03. The van der Waals surface area contributed by atoms with Crippen LogP contribution in [0.25, 0.3) is 11.0 Å². The topological polar surface area (TPSA) is 94.8 Å². The number of hydrogen-bond acceptors (Lipinski definition) is 6. The Bertz CT molecular complexity index is 1370. The molecular formula is C24H26N4O5. The highest BCUT2D eigenvalue weighted by Crippen LogP contribution is 2.35. The van der Waals surface area contributed by atoms with Crippen LogP contribution in [0.15, 0.2) is 39.9 Å². The molecule has 3 heterocycles. The summed E-state index contributed by atoms with van der Waals surface area (Å²) in [6.07, 6.45) is 2.12. The summed E-state index contributed by atoms with van der Waals surface area (Å²) in [6.45, 7) is 6.28. The Labute approximate surface area is 190 Å². The van der Waals surface area contributed by atoms with Gasteiger partial charge >= 0.3 is 11.1 Å². The fraction of sp³-hybridized carbons (Fsp3) is 0.375. The predicted molar refractivity (Wildman–Crippen MR) is 126 cm³/mol. The molecular weight excluding hydrogens is 424 g/mol. The molecule has 0 bridgehead atoms. The quantitative estimate of drug-likeness (QED) is 0.601. The van der Waals surface area contributed by atoms with Crippen molar-refractivity contribution in [3.63, 3.8) is 0 Å². The number of hydrogen-bond donors (Lipinski definition) is 1. The standard InChI is InChI=1S/C24H26N4O5/c1-3-27-18-12-16(25-22(29)15-7-8-20-21(11-15)33-14-32-20)17(26-9-5-6-10-26)13-19(18)28(4-2)24(31)23(27)30/h7-8,11-13H,3-6,9-10,14H2,1-2H3,(H,25,29). The van der Waals surface area contributed by atoms with Crippen LogP contribution in [0.1, 0.15) is 37.0 Å². The summed E-state index contributed by atoms with van der Waals surface area (Å²) in [5.41, 5.74) is 2.11. The van der Waals surface area contributed by atoms with Crippen molar-refractivity contribution in [3.05, 3.63) is 56.6 Å². The molecule has 9 heteroatoms. The normalized spacial score (nSPS) is 14.8. The van der Waals surface area contributed by atoms with Gasteiger partial charge in [-0.25, -0.2) is 0 Å². The number of aromatic nitrogens is 2. The largest absolute Gasteiger partial charge is 0.454 e. The number of carbonyl (C=O) groups excluding carboxylic acids is 1. The molecule has 1 fully saturated rings. The van der Waals surface area contributed by atoms with E-state index in [1.807, 2.05) is 26.0 Å². The first-order chi connectivity index (χ1) is 16.0. The highest BCUT2D eigenvalue weighted by atomic mass is 16.7. The average molecular weight is 450 g/mol. The monoisotopic (exact) mass is 450 g/mol. The van der Waals surface area contributed by atoms with Gasteiger partial charge in [-0.05, 0) is 57.0 Å². The zero-order valence-electron chi connectivity index (χ0n) is 18.7. The number of carbonyl (C=O) groups is 1. The molecule has 0 unspecified atom stereocenters. The van der Waals surface area contributed by atoms with Crippen LogP contribution in [0.5, 0.6) is 11.5 Å². The third-order valence-corrected chi connectivity index (χ3v) is 6.31. The van der Waals surface area contributed by atoms with E-state index in [9.17, 15) is 14.4 Å². The van der Waals surface area contributed by atoms with Crippen LogP contribution in [0.2, 0.25) is 0 Å². The SMILES string of the molecule is CCn1c(=O)c(=O)n(CC)c2cc(N3CCCC3)c(NC(=O)c3ccc4c(c3)OCO4)cc21. The smallest absolute Gasteiger partial charge is 0.316 e. The lowest BCUT2D eigenvalue weighted by atomic mass is 10.1. The minimum Gasteiger partial charge on any atom is -0.454 e. The number of aryl methyl sites for hydroxylation is 2. The van der Waals surface area contributed by atoms with Crippen molar-refractivity contribution in [1.82, 2.24) is 9.13 Å². The maximum atomic E-state index is 13.2. The molecule has 0 radical (unpaired) electrons. The van der Waals surface area contributed by atoms with Crippen molar-refractivity contribution in [2.75, 3.05) is 30.1 Å². The number of nitrogens with zero attached hydrogens (tertiary/aromatic N) is 3. The summed E-state index contributed by atoms with van der Waals surface area (Å²) >= 11 is 0. The van der Waals surface area contributed by atoms with Gasteiger partial charge in [0.2, 0.25) is 6.79 Å². The lowest BCUT2D eigenvalue weighted by Crippen LogP contribution is -2.41. The van der Waals surface area contributed by atoms with Gasteiger partial charge in [0, 0.05) is 31.7 Å². The molecule has 0 spiro atoms. The number of amides is 1. The van der Waals surface area contributed by atoms with Crippen molar-refractivity contribution >= 4 is 28.3 Å². The fourth-order valence-electron chi connectivity index (χ4n) is 4.63. The summed E-state index contributed by atoms with van der Waals surface area (Å²) in [6, 6.07) is 8.80. The molecule has 3 aromatic rings. The van der Waals surface area contributed by atoms with Gasteiger partial charge in [0.1, 0.15) is 0 Å².